The van der Waals surface area contributed by atoms with E-state index in [1.807, 2.05) is 13.8 Å². The molecule has 0 saturated heterocycles. The molecule has 0 radical (unpaired) electrons. The third-order valence-electron chi connectivity index (χ3n) is 1.51. The zero-order chi connectivity index (χ0) is 7.28. The highest BCUT2D eigenvalue weighted by Gasteiger charge is 2.26. The highest BCUT2D eigenvalue weighted by molar-refractivity contribution is 4.70. The summed E-state index contributed by atoms with van der Waals surface area (Å²) >= 11 is 0. The zero-order valence-corrected chi connectivity index (χ0v) is 6.03. The first kappa shape index (κ1) is 8.86. The van der Waals surface area contributed by atoms with Gasteiger partial charge in [0.15, 0.2) is 0 Å². The molecule has 0 aromatic carbocycles. The van der Waals surface area contributed by atoms with Crippen LogP contribution in [0.3, 0.4) is 0 Å². The first-order valence-electron chi connectivity index (χ1n) is 3.59. The van der Waals surface area contributed by atoms with Crippen molar-refractivity contribution in [2.45, 2.75) is 39.5 Å². The summed E-state index contributed by atoms with van der Waals surface area (Å²) in [7, 11) is 0. The van der Waals surface area contributed by atoms with Crippen LogP contribution in [0.5, 0.6) is 0 Å². The van der Waals surface area contributed by atoms with Gasteiger partial charge in [-0.1, -0.05) is 20.3 Å². The van der Waals surface area contributed by atoms with E-state index in [2.05, 4.69) is 0 Å². The molecule has 0 bridgehead atoms. The van der Waals surface area contributed by atoms with Crippen molar-refractivity contribution in [3.8, 4) is 0 Å². The molecule has 0 heterocycles. The standard InChI is InChI=1S/C5H8F2.C2H6/c6-5(7)4-2-1-3-4;1-2/h4-5H,1-3H2;1-2H3. The first-order chi connectivity index (χ1) is 4.30. The van der Waals surface area contributed by atoms with Gasteiger partial charge in [-0.3, -0.25) is 0 Å². The molecule has 56 valence electrons. The molecule has 1 fully saturated rings. The zero-order valence-electron chi connectivity index (χ0n) is 6.03. The van der Waals surface area contributed by atoms with E-state index in [1.165, 1.54) is 0 Å². The Hall–Kier alpha value is -0.140. The molecule has 0 atom stereocenters. The lowest BCUT2D eigenvalue weighted by Crippen LogP contribution is -2.18. The summed E-state index contributed by atoms with van der Waals surface area (Å²) in [5.41, 5.74) is 0. The summed E-state index contributed by atoms with van der Waals surface area (Å²) < 4.78 is 23.0. The predicted octanol–water partition coefficient (Wildman–Crippen LogP) is 3.08. The van der Waals surface area contributed by atoms with Crippen LogP contribution in [0.1, 0.15) is 33.1 Å². The third-order valence-corrected chi connectivity index (χ3v) is 1.51. The lowest BCUT2D eigenvalue weighted by Gasteiger charge is -2.23. The van der Waals surface area contributed by atoms with Crippen LogP contribution in [-0.2, 0) is 0 Å². The molecule has 0 nitrogen and oxygen atoms in total. The van der Waals surface area contributed by atoms with Gasteiger partial charge in [0.1, 0.15) is 0 Å². The maximum atomic E-state index is 11.5. The number of hydrogen-bond donors (Lipinski definition) is 0. The predicted molar refractivity (Wildman–Crippen MR) is 34.7 cm³/mol. The van der Waals surface area contributed by atoms with Gasteiger partial charge in [0, 0.05) is 5.92 Å². The number of halogens is 2. The van der Waals surface area contributed by atoms with Gasteiger partial charge in [0.2, 0.25) is 6.43 Å². The Morgan fingerprint density at radius 1 is 1.22 bits per heavy atom. The van der Waals surface area contributed by atoms with Crippen molar-refractivity contribution in [2.75, 3.05) is 0 Å². The summed E-state index contributed by atoms with van der Waals surface area (Å²) in [5, 5.41) is 0. The van der Waals surface area contributed by atoms with Crippen LogP contribution in [0.2, 0.25) is 0 Å². The SMILES string of the molecule is CC.FC(F)C1CCC1. The molecule has 2 heteroatoms. The minimum absolute atomic E-state index is 0.250. The summed E-state index contributed by atoms with van der Waals surface area (Å²) in [6.45, 7) is 4.00. The van der Waals surface area contributed by atoms with Gasteiger partial charge in [-0.2, -0.15) is 0 Å². The third kappa shape index (κ3) is 2.78. The average molecular weight is 136 g/mol. The highest BCUT2D eigenvalue weighted by Crippen LogP contribution is 2.31. The minimum atomic E-state index is -2.05. The largest absolute Gasteiger partial charge is 0.241 e. The molecule has 1 rings (SSSR count). The normalized spacial score (nSPS) is 18.3. The van der Waals surface area contributed by atoms with Crippen LogP contribution in [0, 0.1) is 5.92 Å². The summed E-state index contributed by atoms with van der Waals surface area (Å²) in [6.07, 6.45) is 0.457. The molecule has 1 aliphatic carbocycles. The van der Waals surface area contributed by atoms with Gasteiger partial charge in [0.05, 0.1) is 0 Å². The molecule has 0 unspecified atom stereocenters. The maximum Gasteiger partial charge on any atom is 0.241 e. The van der Waals surface area contributed by atoms with E-state index in [1.54, 1.807) is 0 Å². The minimum Gasteiger partial charge on any atom is -0.210 e. The Kier molecular flexibility index (Phi) is 4.64. The molecule has 1 saturated carbocycles. The van der Waals surface area contributed by atoms with Crippen LogP contribution >= 0.6 is 0 Å². The second-order valence-corrected chi connectivity index (χ2v) is 2.03. The summed E-state index contributed by atoms with van der Waals surface area (Å²) in [6, 6.07) is 0. The molecule has 0 aromatic heterocycles. The van der Waals surface area contributed by atoms with E-state index in [0.717, 1.165) is 19.3 Å². The fourth-order valence-electron chi connectivity index (χ4n) is 0.692. The Labute approximate surface area is 55.3 Å². The van der Waals surface area contributed by atoms with Gasteiger partial charge < -0.3 is 0 Å². The van der Waals surface area contributed by atoms with Crippen molar-refractivity contribution < 1.29 is 8.78 Å². The number of alkyl halides is 2. The van der Waals surface area contributed by atoms with Crippen molar-refractivity contribution >= 4 is 0 Å². The van der Waals surface area contributed by atoms with Gasteiger partial charge in [-0.05, 0) is 12.8 Å². The van der Waals surface area contributed by atoms with Crippen LogP contribution in [0.15, 0.2) is 0 Å². The molecule has 0 spiro atoms. The number of rotatable bonds is 1. The van der Waals surface area contributed by atoms with Crippen molar-refractivity contribution in [1.29, 1.82) is 0 Å². The van der Waals surface area contributed by atoms with Crippen molar-refractivity contribution in [3.05, 3.63) is 0 Å². The van der Waals surface area contributed by atoms with Crippen LogP contribution in [0.25, 0.3) is 0 Å². The lowest BCUT2D eigenvalue weighted by molar-refractivity contribution is 0.0345. The molecule has 0 aromatic rings. The monoisotopic (exact) mass is 136 g/mol. The molecule has 1 aliphatic rings. The Morgan fingerprint density at radius 2 is 1.67 bits per heavy atom. The van der Waals surface area contributed by atoms with E-state index < -0.39 is 6.43 Å². The Bertz CT molecular complexity index is 57.9. The van der Waals surface area contributed by atoms with Crippen LogP contribution < -0.4 is 0 Å². The van der Waals surface area contributed by atoms with Crippen molar-refractivity contribution in [3.63, 3.8) is 0 Å². The van der Waals surface area contributed by atoms with Crippen molar-refractivity contribution in [1.82, 2.24) is 0 Å². The molecule has 0 N–H and O–H groups in total. The highest BCUT2D eigenvalue weighted by atomic mass is 19.3. The first-order valence-corrected chi connectivity index (χ1v) is 3.59. The fourth-order valence-corrected chi connectivity index (χ4v) is 0.692. The van der Waals surface area contributed by atoms with Gasteiger partial charge in [-0.25, -0.2) is 8.78 Å². The lowest BCUT2D eigenvalue weighted by atomic mass is 9.86. The van der Waals surface area contributed by atoms with Crippen LogP contribution in [-0.4, -0.2) is 6.43 Å². The van der Waals surface area contributed by atoms with E-state index >= 15 is 0 Å². The topological polar surface area (TPSA) is 0 Å². The molecule has 0 aliphatic heterocycles. The Morgan fingerprint density at radius 3 is 1.67 bits per heavy atom. The van der Waals surface area contributed by atoms with Gasteiger partial charge in [0.25, 0.3) is 0 Å². The second kappa shape index (κ2) is 4.71. The molecule has 9 heavy (non-hydrogen) atoms. The smallest absolute Gasteiger partial charge is 0.210 e. The van der Waals surface area contributed by atoms with E-state index in [9.17, 15) is 8.78 Å². The van der Waals surface area contributed by atoms with E-state index in [0.29, 0.717) is 0 Å². The fraction of sp³-hybridized carbons (Fsp3) is 1.00. The van der Waals surface area contributed by atoms with Gasteiger partial charge >= 0.3 is 0 Å². The molecular formula is C7H14F2. The van der Waals surface area contributed by atoms with E-state index in [-0.39, 0.29) is 5.92 Å². The quantitative estimate of drug-likeness (QED) is 0.519. The van der Waals surface area contributed by atoms with Crippen LogP contribution in [0.4, 0.5) is 8.78 Å². The van der Waals surface area contributed by atoms with Crippen molar-refractivity contribution in [2.24, 2.45) is 5.92 Å². The van der Waals surface area contributed by atoms with Gasteiger partial charge in [-0.15, -0.1) is 0 Å². The molecular weight excluding hydrogens is 122 g/mol. The molecule has 0 amide bonds. The number of hydrogen-bond acceptors (Lipinski definition) is 0. The maximum absolute atomic E-state index is 11.5. The van der Waals surface area contributed by atoms with E-state index in [4.69, 9.17) is 0 Å². The summed E-state index contributed by atoms with van der Waals surface area (Å²) in [5.74, 6) is -0.250. The summed E-state index contributed by atoms with van der Waals surface area (Å²) in [4.78, 5) is 0. The Balaban J connectivity index is 0.000000291. The second-order valence-electron chi connectivity index (χ2n) is 2.03. The average Bonchev–Trinajstić information content (AvgIpc) is 1.65.